The van der Waals surface area contributed by atoms with E-state index in [2.05, 4.69) is 32.2 Å². The fourth-order valence-electron chi connectivity index (χ4n) is 5.22. The molecule has 2 fully saturated rings. The number of aromatic nitrogens is 6. The molecule has 11 heteroatoms. The Morgan fingerprint density at radius 2 is 1.79 bits per heavy atom. The molecule has 2 saturated carbocycles. The highest BCUT2D eigenvalue weighted by Crippen LogP contribution is 2.43. The zero-order valence-electron chi connectivity index (χ0n) is 22.3. The van der Waals surface area contributed by atoms with Crippen molar-refractivity contribution in [3.05, 3.63) is 64.1 Å². The predicted molar refractivity (Wildman–Crippen MR) is 148 cm³/mol. The van der Waals surface area contributed by atoms with Crippen molar-refractivity contribution >= 4 is 26.8 Å². The van der Waals surface area contributed by atoms with Gasteiger partial charge in [0, 0.05) is 24.8 Å². The maximum absolute atomic E-state index is 13.8. The minimum atomic E-state index is -3.28. The van der Waals surface area contributed by atoms with Crippen LogP contribution in [0, 0.1) is 12.8 Å². The maximum Gasteiger partial charge on any atom is 0.295 e. The Morgan fingerprint density at radius 3 is 2.44 bits per heavy atom. The summed E-state index contributed by atoms with van der Waals surface area (Å²) in [5.74, 6) is 1.53. The molecule has 0 spiro atoms. The lowest BCUT2D eigenvalue weighted by atomic mass is 9.80. The summed E-state index contributed by atoms with van der Waals surface area (Å²) < 4.78 is 25.3. The molecule has 6 rings (SSSR count). The van der Waals surface area contributed by atoms with Crippen molar-refractivity contribution in [2.45, 2.75) is 69.4 Å². The van der Waals surface area contributed by atoms with Crippen LogP contribution >= 0.6 is 0 Å². The second-order valence-corrected chi connectivity index (χ2v) is 12.7. The molecule has 3 heterocycles. The van der Waals surface area contributed by atoms with Crippen molar-refractivity contribution in [3.63, 3.8) is 0 Å². The molecule has 1 aromatic carbocycles. The molecule has 0 unspecified atom stereocenters. The van der Waals surface area contributed by atoms with E-state index >= 15 is 0 Å². The van der Waals surface area contributed by atoms with E-state index in [1.807, 2.05) is 6.92 Å². The second-order valence-electron chi connectivity index (χ2n) is 10.7. The first-order valence-electron chi connectivity index (χ1n) is 13.3. The first-order valence-corrected chi connectivity index (χ1v) is 15.2. The monoisotopic (exact) mass is 545 g/mol. The number of hydrogen-bond donors (Lipinski definition) is 1. The number of nitrogens with zero attached hydrogens (tertiary/aromatic N) is 6. The largest absolute Gasteiger partial charge is 0.361 e. The Balaban J connectivity index is 1.41. The van der Waals surface area contributed by atoms with Crippen molar-refractivity contribution in [2.75, 3.05) is 11.6 Å². The molecule has 4 aromatic rings. The van der Waals surface area contributed by atoms with E-state index in [-0.39, 0.29) is 22.3 Å². The molecule has 1 N–H and O–H groups in total. The Hall–Kier alpha value is -3.73. The molecule has 2 aliphatic carbocycles. The SMILES string of the molecule is Cc1ncnc(C2CC2)c1-c1ncc2nc(NCc3ccc(S(C)(=O)=O)cc3)c(=O)n([C@H](C)C3CCC3)c2n1. The molecule has 10 nitrogen and oxygen atoms in total. The third-order valence-electron chi connectivity index (χ3n) is 7.94. The number of sulfone groups is 1. The summed E-state index contributed by atoms with van der Waals surface area (Å²) in [5, 5.41) is 3.17. The van der Waals surface area contributed by atoms with Gasteiger partial charge in [-0.3, -0.25) is 9.36 Å². The van der Waals surface area contributed by atoms with Gasteiger partial charge in [-0.25, -0.2) is 33.3 Å². The molecule has 1 atom stereocenters. The van der Waals surface area contributed by atoms with E-state index in [0.29, 0.717) is 35.4 Å². The number of anilines is 1. The van der Waals surface area contributed by atoms with Crippen molar-refractivity contribution in [3.8, 4) is 11.4 Å². The molecule has 3 aromatic heterocycles. The summed E-state index contributed by atoms with van der Waals surface area (Å²) in [6, 6.07) is 6.55. The van der Waals surface area contributed by atoms with Gasteiger partial charge >= 0.3 is 0 Å². The van der Waals surface area contributed by atoms with Gasteiger partial charge in [0.25, 0.3) is 5.56 Å². The highest BCUT2D eigenvalue weighted by atomic mass is 32.2. The Morgan fingerprint density at radius 1 is 1.05 bits per heavy atom. The molecule has 0 amide bonds. The molecule has 39 heavy (non-hydrogen) atoms. The topological polar surface area (TPSA) is 133 Å². The molecule has 0 bridgehead atoms. The first-order chi connectivity index (χ1) is 18.7. The summed E-state index contributed by atoms with van der Waals surface area (Å²) >= 11 is 0. The quantitative estimate of drug-likeness (QED) is 0.346. The van der Waals surface area contributed by atoms with Crippen LogP contribution in [0.2, 0.25) is 0 Å². The first kappa shape index (κ1) is 25.5. The summed E-state index contributed by atoms with van der Waals surface area (Å²) in [4.78, 5) is 37.2. The van der Waals surface area contributed by atoms with Crippen molar-refractivity contribution in [2.24, 2.45) is 5.92 Å². The fourth-order valence-corrected chi connectivity index (χ4v) is 5.85. The number of benzene rings is 1. The van der Waals surface area contributed by atoms with Gasteiger partial charge in [0.1, 0.15) is 11.8 Å². The molecular formula is C28H31N7O3S. The Kier molecular flexibility index (Phi) is 6.41. The van der Waals surface area contributed by atoms with Gasteiger partial charge in [-0.2, -0.15) is 0 Å². The standard InChI is InChI=1S/C28H31N7O3S/c1-16-23(24(20-9-10-20)32-15-31-16)25-30-14-22-27(34-25)35(17(2)19-5-4-6-19)28(36)26(33-22)29-13-18-7-11-21(12-8-18)39(3,37)38/h7-8,11-12,14-15,17,19-20H,4-6,9-10,13H2,1-3H3,(H,29,33)/t17-/m1/s1. The van der Waals surface area contributed by atoms with Crippen LogP contribution in [-0.4, -0.2) is 44.2 Å². The number of hydrogen-bond acceptors (Lipinski definition) is 9. The van der Waals surface area contributed by atoms with Gasteiger partial charge < -0.3 is 5.32 Å². The molecule has 0 saturated heterocycles. The van der Waals surface area contributed by atoms with Crippen LogP contribution < -0.4 is 10.9 Å². The summed E-state index contributed by atoms with van der Waals surface area (Å²) in [6.45, 7) is 4.33. The average Bonchev–Trinajstić information content (AvgIpc) is 3.71. The molecule has 0 radical (unpaired) electrons. The summed E-state index contributed by atoms with van der Waals surface area (Å²) in [7, 11) is -3.28. The second kappa shape index (κ2) is 9.78. The highest BCUT2D eigenvalue weighted by molar-refractivity contribution is 7.90. The van der Waals surface area contributed by atoms with Gasteiger partial charge in [0.2, 0.25) is 0 Å². The summed E-state index contributed by atoms with van der Waals surface area (Å²) in [5.41, 5.74) is 4.27. The zero-order chi connectivity index (χ0) is 27.3. The predicted octanol–water partition coefficient (Wildman–Crippen LogP) is 4.21. The van der Waals surface area contributed by atoms with E-state index in [4.69, 9.17) is 4.98 Å². The van der Waals surface area contributed by atoms with Crippen molar-refractivity contribution in [1.29, 1.82) is 0 Å². The Bertz CT molecular complexity index is 1730. The van der Waals surface area contributed by atoms with Crippen molar-refractivity contribution < 1.29 is 8.42 Å². The summed E-state index contributed by atoms with van der Waals surface area (Å²) in [6.07, 6.45) is 9.93. The van der Waals surface area contributed by atoms with Gasteiger partial charge in [0.15, 0.2) is 27.1 Å². The van der Waals surface area contributed by atoms with Crippen molar-refractivity contribution in [1.82, 2.24) is 29.5 Å². The minimum absolute atomic E-state index is 0.0508. The highest BCUT2D eigenvalue weighted by Gasteiger charge is 2.31. The van der Waals surface area contributed by atoms with Crippen LogP contribution in [0.5, 0.6) is 0 Å². The van der Waals surface area contributed by atoms with E-state index in [1.165, 1.54) is 6.26 Å². The van der Waals surface area contributed by atoms with Gasteiger partial charge in [-0.15, -0.1) is 0 Å². The van der Waals surface area contributed by atoms with Gasteiger partial charge in [0.05, 0.1) is 28.0 Å². The normalized spacial score (nSPS) is 16.7. The number of rotatable bonds is 8. The van der Waals surface area contributed by atoms with Crippen LogP contribution in [0.4, 0.5) is 5.82 Å². The third-order valence-corrected chi connectivity index (χ3v) is 9.06. The molecular weight excluding hydrogens is 514 g/mol. The van der Waals surface area contributed by atoms with Crippen LogP contribution in [0.3, 0.4) is 0 Å². The molecule has 0 aliphatic heterocycles. The molecule has 2 aliphatic rings. The van der Waals surface area contributed by atoms with E-state index in [1.54, 1.807) is 41.4 Å². The van der Waals surface area contributed by atoms with E-state index < -0.39 is 9.84 Å². The maximum atomic E-state index is 13.8. The van der Waals surface area contributed by atoms with Crippen LogP contribution in [-0.2, 0) is 16.4 Å². The number of fused-ring (bicyclic) bond motifs is 1. The Labute approximate surface area is 226 Å². The lowest BCUT2D eigenvalue weighted by Crippen LogP contribution is -2.33. The smallest absolute Gasteiger partial charge is 0.295 e. The van der Waals surface area contributed by atoms with Crippen LogP contribution in [0.1, 0.15) is 67.9 Å². The number of nitrogens with one attached hydrogen (secondary N) is 1. The van der Waals surface area contributed by atoms with E-state index in [9.17, 15) is 13.2 Å². The molecule has 202 valence electrons. The van der Waals surface area contributed by atoms with Crippen LogP contribution in [0.15, 0.2) is 46.5 Å². The zero-order valence-corrected chi connectivity index (χ0v) is 23.1. The van der Waals surface area contributed by atoms with Crippen LogP contribution in [0.25, 0.3) is 22.6 Å². The lowest BCUT2D eigenvalue weighted by molar-refractivity contribution is 0.222. The van der Waals surface area contributed by atoms with E-state index in [0.717, 1.165) is 54.6 Å². The van der Waals surface area contributed by atoms with Gasteiger partial charge in [-0.05, 0) is 63.1 Å². The van der Waals surface area contributed by atoms with Gasteiger partial charge in [-0.1, -0.05) is 18.6 Å². The third kappa shape index (κ3) is 4.91. The lowest BCUT2D eigenvalue weighted by Gasteiger charge is -2.33. The minimum Gasteiger partial charge on any atom is -0.361 e. The fraction of sp³-hybridized carbons (Fsp3) is 0.429. The number of aryl methyl sites for hydroxylation is 1. The average molecular weight is 546 g/mol.